The van der Waals surface area contributed by atoms with E-state index in [1.165, 1.54) is 0 Å². The lowest BCUT2D eigenvalue weighted by Gasteiger charge is -2.16. The fourth-order valence-electron chi connectivity index (χ4n) is 1.13. The van der Waals surface area contributed by atoms with Gasteiger partial charge in [0.25, 0.3) is 0 Å². The van der Waals surface area contributed by atoms with Crippen LogP contribution in [0.4, 0.5) is 0 Å². The molecule has 0 aliphatic carbocycles. The van der Waals surface area contributed by atoms with Crippen LogP contribution in [0.3, 0.4) is 0 Å². The predicted octanol–water partition coefficient (Wildman–Crippen LogP) is 0.217. The quantitative estimate of drug-likeness (QED) is 0.553. The molecule has 0 unspecified atom stereocenters. The molecule has 0 aliphatic heterocycles. The van der Waals surface area contributed by atoms with Crippen LogP contribution >= 0.6 is 0 Å². The molecule has 4 heteroatoms. The summed E-state index contributed by atoms with van der Waals surface area (Å²) in [7, 11) is 1.82. The van der Waals surface area contributed by atoms with Crippen LogP contribution < -0.4 is 5.32 Å². The maximum Gasteiger partial charge on any atom is 0.236 e. The largest absolute Gasteiger partial charge is 0.396 e. The maximum atomic E-state index is 11.4. The first-order valence-corrected chi connectivity index (χ1v) is 5.28. The summed E-state index contributed by atoms with van der Waals surface area (Å²) >= 11 is 0. The van der Waals surface area contributed by atoms with E-state index in [-0.39, 0.29) is 12.5 Å². The summed E-state index contributed by atoms with van der Waals surface area (Å²) in [6.45, 7) is 4.25. The Hall–Kier alpha value is -0.610. The van der Waals surface area contributed by atoms with Crippen molar-refractivity contribution in [1.29, 1.82) is 0 Å². The van der Waals surface area contributed by atoms with E-state index in [4.69, 9.17) is 5.11 Å². The highest BCUT2D eigenvalue weighted by Crippen LogP contribution is 1.96. The first kappa shape index (κ1) is 13.4. The Kier molecular flexibility index (Phi) is 8.57. The summed E-state index contributed by atoms with van der Waals surface area (Å²) < 4.78 is 0. The highest BCUT2D eigenvalue weighted by Gasteiger charge is 2.06. The summed E-state index contributed by atoms with van der Waals surface area (Å²) in [5.41, 5.74) is 0. The van der Waals surface area contributed by atoms with Crippen molar-refractivity contribution in [2.24, 2.45) is 0 Å². The maximum absolute atomic E-state index is 11.4. The molecule has 14 heavy (non-hydrogen) atoms. The number of hydrogen-bond donors (Lipinski definition) is 2. The Morgan fingerprint density at radius 3 is 2.64 bits per heavy atom. The number of rotatable bonds is 8. The van der Waals surface area contributed by atoms with Crippen molar-refractivity contribution in [3.63, 3.8) is 0 Å². The number of nitrogens with one attached hydrogen (secondary N) is 1. The summed E-state index contributed by atoms with van der Waals surface area (Å²) in [6, 6.07) is 0. The molecule has 0 heterocycles. The van der Waals surface area contributed by atoms with Crippen LogP contribution in [0.25, 0.3) is 0 Å². The second-order valence-electron chi connectivity index (χ2n) is 3.38. The summed E-state index contributed by atoms with van der Waals surface area (Å²) in [4.78, 5) is 13.1. The van der Waals surface area contributed by atoms with Gasteiger partial charge < -0.3 is 15.3 Å². The number of carbonyl (C=O) groups is 1. The van der Waals surface area contributed by atoms with E-state index in [1.807, 2.05) is 14.0 Å². The minimum atomic E-state index is 0.135. The first-order valence-electron chi connectivity index (χ1n) is 5.28. The average molecular weight is 202 g/mol. The predicted molar refractivity (Wildman–Crippen MR) is 57.1 cm³/mol. The molecule has 0 atom stereocenters. The average Bonchev–Trinajstić information content (AvgIpc) is 2.20. The van der Waals surface area contributed by atoms with Gasteiger partial charge in [-0.1, -0.05) is 6.92 Å². The Bertz CT molecular complexity index is 151. The van der Waals surface area contributed by atoms with E-state index in [2.05, 4.69) is 5.32 Å². The smallest absolute Gasteiger partial charge is 0.236 e. The lowest BCUT2D eigenvalue weighted by molar-refractivity contribution is -0.129. The molecule has 0 rings (SSSR count). The topological polar surface area (TPSA) is 52.6 Å². The molecule has 0 fully saturated rings. The first-order chi connectivity index (χ1) is 6.72. The lowest BCUT2D eigenvalue weighted by Crippen LogP contribution is -2.36. The van der Waals surface area contributed by atoms with E-state index in [9.17, 15) is 4.79 Å². The lowest BCUT2D eigenvalue weighted by atomic mass is 10.2. The monoisotopic (exact) mass is 202 g/mol. The van der Waals surface area contributed by atoms with Crippen molar-refractivity contribution < 1.29 is 9.90 Å². The van der Waals surface area contributed by atoms with Gasteiger partial charge in [-0.25, -0.2) is 0 Å². The molecular weight excluding hydrogens is 180 g/mol. The second kappa shape index (κ2) is 8.97. The molecule has 4 nitrogen and oxygen atoms in total. The van der Waals surface area contributed by atoms with E-state index in [1.54, 1.807) is 4.90 Å². The molecule has 0 bridgehead atoms. The SMILES string of the molecule is CCNCC(=O)N(C)CCCCCO. The van der Waals surface area contributed by atoms with Gasteiger partial charge in [-0.3, -0.25) is 4.79 Å². The molecule has 0 aromatic carbocycles. The van der Waals surface area contributed by atoms with Gasteiger partial charge in [0.1, 0.15) is 0 Å². The Labute approximate surface area is 86.3 Å². The number of hydrogen-bond acceptors (Lipinski definition) is 3. The summed E-state index contributed by atoms with van der Waals surface area (Å²) in [6.07, 6.45) is 2.78. The zero-order valence-corrected chi connectivity index (χ0v) is 9.25. The van der Waals surface area contributed by atoms with Crippen molar-refractivity contribution in [2.45, 2.75) is 26.2 Å². The number of amides is 1. The van der Waals surface area contributed by atoms with E-state index in [0.717, 1.165) is 32.4 Å². The van der Waals surface area contributed by atoms with Crippen molar-refractivity contribution in [3.8, 4) is 0 Å². The number of nitrogens with zero attached hydrogens (tertiary/aromatic N) is 1. The summed E-state index contributed by atoms with van der Waals surface area (Å²) in [5.74, 6) is 0.135. The van der Waals surface area contributed by atoms with Crippen LogP contribution in [-0.2, 0) is 4.79 Å². The molecule has 0 aromatic rings. The number of aliphatic hydroxyl groups is 1. The standard InChI is InChI=1S/C10H22N2O2/c1-3-11-9-10(14)12(2)7-5-4-6-8-13/h11,13H,3-9H2,1-2H3. The number of carbonyl (C=O) groups excluding carboxylic acids is 1. The van der Waals surface area contributed by atoms with Gasteiger partial charge in [-0.2, -0.15) is 0 Å². The Morgan fingerprint density at radius 1 is 1.36 bits per heavy atom. The highest BCUT2D eigenvalue weighted by atomic mass is 16.2. The second-order valence-corrected chi connectivity index (χ2v) is 3.38. The Balaban J connectivity index is 3.42. The van der Waals surface area contributed by atoms with Crippen molar-refractivity contribution >= 4 is 5.91 Å². The number of likely N-dealkylation sites (N-methyl/N-ethyl adjacent to an activating group) is 2. The highest BCUT2D eigenvalue weighted by molar-refractivity contribution is 5.77. The molecule has 84 valence electrons. The molecule has 2 N–H and O–H groups in total. The molecular formula is C10H22N2O2. The fraction of sp³-hybridized carbons (Fsp3) is 0.900. The molecule has 0 aromatic heterocycles. The minimum Gasteiger partial charge on any atom is -0.396 e. The molecule has 0 aliphatic rings. The minimum absolute atomic E-state index is 0.135. The third kappa shape index (κ3) is 6.86. The van der Waals surface area contributed by atoms with Gasteiger partial charge in [-0.15, -0.1) is 0 Å². The van der Waals surface area contributed by atoms with Gasteiger partial charge in [0.15, 0.2) is 0 Å². The van der Waals surface area contributed by atoms with Crippen LogP contribution in [0.5, 0.6) is 0 Å². The molecule has 0 spiro atoms. The number of aliphatic hydroxyl groups excluding tert-OH is 1. The number of unbranched alkanes of at least 4 members (excludes halogenated alkanes) is 2. The molecule has 1 amide bonds. The molecule has 0 saturated heterocycles. The van der Waals surface area contributed by atoms with Gasteiger partial charge in [0.05, 0.1) is 6.54 Å². The van der Waals surface area contributed by atoms with Gasteiger partial charge >= 0.3 is 0 Å². The zero-order valence-electron chi connectivity index (χ0n) is 9.25. The molecule has 0 saturated carbocycles. The summed E-state index contributed by atoms with van der Waals surface area (Å²) in [5, 5.41) is 11.6. The zero-order chi connectivity index (χ0) is 10.8. The van der Waals surface area contributed by atoms with E-state index >= 15 is 0 Å². The van der Waals surface area contributed by atoms with Crippen LogP contribution in [0.15, 0.2) is 0 Å². The van der Waals surface area contributed by atoms with Gasteiger partial charge in [0, 0.05) is 20.2 Å². The van der Waals surface area contributed by atoms with Crippen molar-refractivity contribution in [2.75, 3.05) is 33.3 Å². The fourth-order valence-corrected chi connectivity index (χ4v) is 1.13. The third-order valence-corrected chi connectivity index (χ3v) is 2.10. The van der Waals surface area contributed by atoms with Crippen LogP contribution in [0, 0.1) is 0 Å². The third-order valence-electron chi connectivity index (χ3n) is 2.10. The molecule has 0 radical (unpaired) electrons. The van der Waals surface area contributed by atoms with Crippen molar-refractivity contribution in [1.82, 2.24) is 10.2 Å². The normalized spacial score (nSPS) is 10.2. The van der Waals surface area contributed by atoms with Gasteiger partial charge in [-0.05, 0) is 25.8 Å². The Morgan fingerprint density at radius 2 is 2.07 bits per heavy atom. The van der Waals surface area contributed by atoms with Gasteiger partial charge in [0.2, 0.25) is 5.91 Å². The van der Waals surface area contributed by atoms with Crippen LogP contribution in [0.1, 0.15) is 26.2 Å². The van der Waals surface area contributed by atoms with Crippen molar-refractivity contribution in [3.05, 3.63) is 0 Å². The van der Waals surface area contributed by atoms with Crippen LogP contribution in [-0.4, -0.2) is 49.2 Å². The van der Waals surface area contributed by atoms with E-state index in [0.29, 0.717) is 6.54 Å². The van der Waals surface area contributed by atoms with E-state index < -0.39 is 0 Å². The van der Waals surface area contributed by atoms with Crippen LogP contribution in [0.2, 0.25) is 0 Å².